The van der Waals surface area contributed by atoms with Crippen LogP contribution in [0.3, 0.4) is 0 Å². The lowest BCUT2D eigenvalue weighted by atomic mass is 9.96. The largest absolute Gasteiger partial charge is 0.461 e. The average molecular weight is 386 g/mol. The van der Waals surface area contributed by atoms with Gasteiger partial charge in [-0.05, 0) is 25.0 Å². The quantitative estimate of drug-likeness (QED) is 0.640. The Balaban J connectivity index is 1.36. The molecule has 6 nitrogen and oxygen atoms in total. The van der Waals surface area contributed by atoms with Crippen LogP contribution >= 0.6 is 0 Å². The standard InChI is InChI=1S/C23H22N4O2/c24-13-16-5-8-22(21-4-2-1-3-20(16)21)27-17-6-7-18(27)12-19(11-17)29-23(28)14-26-10-9-25-15-26/h1-5,8-10,15,17-19H,6-7,11-12,14H2/t17-,18+,19+. The van der Waals surface area contributed by atoms with E-state index in [0.717, 1.165) is 36.5 Å². The highest BCUT2D eigenvalue weighted by Crippen LogP contribution is 2.43. The Bertz CT molecular complexity index is 1070. The van der Waals surface area contributed by atoms with Crippen LogP contribution in [-0.2, 0) is 16.1 Å². The molecule has 2 saturated heterocycles. The van der Waals surface area contributed by atoms with Crippen LogP contribution in [0.1, 0.15) is 31.2 Å². The zero-order valence-corrected chi connectivity index (χ0v) is 16.1. The van der Waals surface area contributed by atoms with Crippen molar-refractivity contribution in [2.24, 2.45) is 0 Å². The third-order valence-corrected chi connectivity index (χ3v) is 6.16. The number of benzene rings is 2. The highest BCUT2D eigenvalue weighted by Gasteiger charge is 2.42. The molecule has 2 aliphatic heterocycles. The van der Waals surface area contributed by atoms with E-state index in [2.05, 4.69) is 28.1 Å². The van der Waals surface area contributed by atoms with E-state index in [0.29, 0.717) is 17.6 Å². The van der Waals surface area contributed by atoms with Crippen molar-refractivity contribution in [3.05, 3.63) is 60.7 Å². The van der Waals surface area contributed by atoms with Gasteiger partial charge in [-0.15, -0.1) is 0 Å². The van der Waals surface area contributed by atoms with Crippen molar-refractivity contribution >= 4 is 22.4 Å². The third-order valence-electron chi connectivity index (χ3n) is 6.16. The number of anilines is 1. The molecule has 2 aliphatic rings. The third kappa shape index (κ3) is 3.23. The van der Waals surface area contributed by atoms with Gasteiger partial charge in [-0.25, -0.2) is 4.98 Å². The second kappa shape index (κ2) is 7.25. The van der Waals surface area contributed by atoms with Gasteiger partial charge in [0.2, 0.25) is 0 Å². The lowest BCUT2D eigenvalue weighted by Gasteiger charge is -2.40. The molecule has 2 fully saturated rings. The van der Waals surface area contributed by atoms with Crippen LogP contribution in [-0.4, -0.2) is 33.7 Å². The normalized spacial score (nSPS) is 23.1. The Morgan fingerprint density at radius 3 is 2.59 bits per heavy atom. The summed E-state index contributed by atoms with van der Waals surface area (Å²) in [5, 5.41) is 11.6. The monoisotopic (exact) mass is 386 g/mol. The first-order chi connectivity index (χ1) is 14.2. The van der Waals surface area contributed by atoms with Gasteiger partial charge in [0.1, 0.15) is 12.6 Å². The number of esters is 1. The number of rotatable bonds is 4. The summed E-state index contributed by atoms with van der Waals surface area (Å²) in [6.07, 6.45) is 8.93. The van der Waals surface area contributed by atoms with E-state index in [1.807, 2.05) is 24.3 Å². The number of piperidine rings is 1. The summed E-state index contributed by atoms with van der Waals surface area (Å²) in [6, 6.07) is 15.1. The SMILES string of the molecule is N#Cc1ccc(N2[C@@H]3CC[C@H]2C[C@@H](OC(=O)Cn2ccnc2)C3)c2ccccc12. The zero-order valence-electron chi connectivity index (χ0n) is 16.1. The number of aromatic nitrogens is 2. The Hall–Kier alpha value is -3.33. The van der Waals surface area contributed by atoms with E-state index in [1.165, 1.54) is 5.69 Å². The molecule has 3 atom stereocenters. The summed E-state index contributed by atoms with van der Waals surface area (Å²) < 4.78 is 7.53. The molecule has 29 heavy (non-hydrogen) atoms. The molecule has 2 bridgehead atoms. The molecule has 0 saturated carbocycles. The van der Waals surface area contributed by atoms with Gasteiger partial charge in [-0.1, -0.05) is 24.3 Å². The van der Waals surface area contributed by atoms with Crippen molar-refractivity contribution < 1.29 is 9.53 Å². The number of carbonyl (C=O) groups excluding carboxylic acids is 1. The van der Waals surface area contributed by atoms with Crippen LogP contribution in [0.15, 0.2) is 55.1 Å². The molecule has 0 aliphatic carbocycles. The number of nitriles is 1. The number of fused-ring (bicyclic) bond motifs is 3. The minimum Gasteiger partial charge on any atom is -0.461 e. The minimum absolute atomic E-state index is 0.0376. The number of hydrogen-bond acceptors (Lipinski definition) is 5. The lowest BCUT2D eigenvalue weighted by Crippen LogP contribution is -2.46. The van der Waals surface area contributed by atoms with Crippen molar-refractivity contribution in [2.75, 3.05) is 4.90 Å². The molecule has 0 N–H and O–H groups in total. The predicted octanol–water partition coefficient (Wildman–Crippen LogP) is 3.65. The van der Waals surface area contributed by atoms with Crippen LogP contribution in [0.5, 0.6) is 0 Å². The molecule has 146 valence electrons. The Morgan fingerprint density at radius 1 is 1.14 bits per heavy atom. The Morgan fingerprint density at radius 2 is 1.90 bits per heavy atom. The van der Waals surface area contributed by atoms with Crippen molar-refractivity contribution in [3.8, 4) is 6.07 Å². The van der Waals surface area contributed by atoms with Gasteiger partial charge in [-0.3, -0.25) is 4.79 Å². The van der Waals surface area contributed by atoms with E-state index >= 15 is 0 Å². The summed E-state index contributed by atoms with van der Waals surface area (Å²) in [7, 11) is 0. The van der Waals surface area contributed by atoms with Gasteiger partial charge in [-0.2, -0.15) is 5.26 Å². The minimum atomic E-state index is -0.204. The first-order valence-electron chi connectivity index (χ1n) is 10.1. The van der Waals surface area contributed by atoms with Crippen molar-refractivity contribution in [1.82, 2.24) is 9.55 Å². The second-order valence-corrected chi connectivity index (χ2v) is 7.90. The number of nitrogens with zero attached hydrogens (tertiary/aromatic N) is 4. The fourth-order valence-corrected chi connectivity index (χ4v) is 4.97. The Labute approximate surface area is 169 Å². The van der Waals surface area contributed by atoms with E-state index in [1.54, 1.807) is 23.3 Å². The highest BCUT2D eigenvalue weighted by atomic mass is 16.5. The molecule has 0 spiro atoms. The first-order valence-corrected chi connectivity index (χ1v) is 10.1. The number of imidazole rings is 1. The zero-order chi connectivity index (χ0) is 19.8. The molecular weight excluding hydrogens is 364 g/mol. The maximum absolute atomic E-state index is 12.3. The van der Waals surface area contributed by atoms with Crippen LogP contribution < -0.4 is 4.90 Å². The van der Waals surface area contributed by atoms with E-state index in [4.69, 9.17) is 4.74 Å². The maximum Gasteiger partial charge on any atom is 0.326 e. The lowest BCUT2D eigenvalue weighted by molar-refractivity contribution is -0.151. The summed E-state index contributed by atoms with van der Waals surface area (Å²) in [5.41, 5.74) is 1.90. The molecule has 3 aromatic rings. The summed E-state index contributed by atoms with van der Waals surface area (Å²) >= 11 is 0. The predicted molar refractivity (Wildman–Crippen MR) is 109 cm³/mol. The van der Waals surface area contributed by atoms with E-state index < -0.39 is 0 Å². The number of hydrogen-bond donors (Lipinski definition) is 0. The second-order valence-electron chi connectivity index (χ2n) is 7.90. The Kier molecular flexibility index (Phi) is 4.44. The van der Waals surface area contributed by atoms with Gasteiger partial charge in [0, 0.05) is 53.8 Å². The maximum atomic E-state index is 12.3. The molecule has 5 rings (SSSR count). The smallest absolute Gasteiger partial charge is 0.326 e. The molecule has 0 amide bonds. The van der Waals surface area contributed by atoms with E-state index in [9.17, 15) is 10.1 Å². The molecule has 0 radical (unpaired) electrons. The van der Waals surface area contributed by atoms with Crippen LogP contribution in [0.25, 0.3) is 10.8 Å². The fraction of sp³-hybridized carbons (Fsp3) is 0.348. The summed E-state index contributed by atoms with van der Waals surface area (Å²) in [5.74, 6) is -0.204. The van der Waals surface area contributed by atoms with Gasteiger partial charge >= 0.3 is 5.97 Å². The highest BCUT2D eigenvalue weighted by molar-refractivity contribution is 5.98. The summed E-state index contributed by atoms with van der Waals surface area (Å²) in [6.45, 7) is 0.204. The topological polar surface area (TPSA) is 71.2 Å². The van der Waals surface area contributed by atoms with Crippen molar-refractivity contribution in [2.45, 2.75) is 50.4 Å². The van der Waals surface area contributed by atoms with Gasteiger partial charge in [0.25, 0.3) is 0 Å². The molecule has 3 heterocycles. The molecular formula is C23H22N4O2. The van der Waals surface area contributed by atoms with Crippen LogP contribution in [0.4, 0.5) is 5.69 Å². The first kappa shape index (κ1) is 17.7. The summed E-state index contributed by atoms with van der Waals surface area (Å²) in [4.78, 5) is 18.8. The van der Waals surface area contributed by atoms with Crippen molar-refractivity contribution in [3.63, 3.8) is 0 Å². The molecule has 0 unspecified atom stereocenters. The molecule has 1 aromatic heterocycles. The van der Waals surface area contributed by atoms with Gasteiger partial charge < -0.3 is 14.2 Å². The fourth-order valence-electron chi connectivity index (χ4n) is 4.97. The number of ether oxygens (including phenoxy) is 1. The van der Waals surface area contributed by atoms with E-state index in [-0.39, 0.29) is 18.6 Å². The average Bonchev–Trinajstić information content (AvgIpc) is 3.33. The van der Waals surface area contributed by atoms with Gasteiger partial charge in [0.05, 0.1) is 18.0 Å². The van der Waals surface area contributed by atoms with Gasteiger partial charge in [0.15, 0.2) is 0 Å². The molecule has 2 aromatic carbocycles. The number of carbonyl (C=O) groups is 1. The van der Waals surface area contributed by atoms with Crippen molar-refractivity contribution in [1.29, 1.82) is 5.26 Å². The van der Waals surface area contributed by atoms with Crippen LogP contribution in [0.2, 0.25) is 0 Å². The molecule has 6 heteroatoms. The van der Waals surface area contributed by atoms with Crippen LogP contribution in [0, 0.1) is 11.3 Å².